The van der Waals surface area contributed by atoms with E-state index in [0.29, 0.717) is 17.9 Å². The monoisotopic (exact) mass is 394 g/mol. The van der Waals surface area contributed by atoms with E-state index in [1.807, 2.05) is 24.3 Å². The summed E-state index contributed by atoms with van der Waals surface area (Å²) in [7, 11) is 4.87. The van der Waals surface area contributed by atoms with Crippen molar-refractivity contribution in [3.05, 3.63) is 53.2 Å². The number of methoxy groups -OCH3 is 3. The maximum atomic E-state index is 12.6. The van der Waals surface area contributed by atoms with E-state index in [4.69, 9.17) is 14.2 Å². The number of carbonyl (C=O) groups is 1. The van der Waals surface area contributed by atoms with Gasteiger partial charge in [0.25, 0.3) is 0 Å². The minimum absolute atomic E-state index is 0.0168. The summed E-state index contributed by atoms with van der Waals surface area (Å²) in [6.45, 7) is 0. The highest BCUT2D eigenvalue weighted by Crippen LogP contribution is 2.32. The van der Waals surface area contributed by atoms with Gasteiger partial charge >= 0.3 is 0 Å². The van der Waals surface area contributed by atoms with E-state index >= 15 is 0 Å². The van der Waals surface area contributed by atoms with Gasteiger partial charge in [0.2, 0.25) is 5.91 Å². The fraction of sp³-hybridized carbons (Fsp3) is 0.348. The Balaban J connectivity index is 1.45. The van der Waals surface area contributed by atoms with Crippen LogP contribution in [0, 0.1) is 0 Å². The van der Waals surface area contributed by atoms with Crippen LogP contribution in [0.25, 0.3) is 10.9 Å². The van der Waals surface area contributed by atoms with Crippen LogP contribution in [0.1, 0.15) is 23.2 Å². The Morgan fingerprint density at radius 1 is 1.07 bits per heavy atom. The summed E-state index contributed by atoms with van der Waals surface area (Å²) >= 11 is 0. The van der Waals surface area contributed by atoms with Crippen LogP contribution >= 0.6 is 0 Å². The van der Waals surface area contributed by atoms with Crippen LogP contribution in [-0.4, -0.2) is 38.3 Å². The van der Waals surface area contributed by atoms with E-state index in [9.17, 15) is 4.79 Å². The number of amides is 1. The molecule has 0 fully saturated rings. The quantitative estimate of drug-likeness (QED) is 0.672. The minimum Gasteiger partial charge on any atom is -0.497 e. The van der Waals surface area contributed by atoms with Crippen molar-refractivity contribution in [2.75, 3.05) is 21.3 Å². The summed E-state index contributed by atoms with van der Waals surface area (Å²) in [5.74, 6) is 2.15. The average Bonchev–Trinajstić information content (AvgIpc) is 3.10. The fourth-order valence-corrected chi connectivity index (χ4v) is 4.10. The number of H-pyrrole nitrogens is 1. The van der Waals surface area contributed by atoms with Crippen molar-refractivity contribution in [1.82, 2.24) is 10.3 Å². The number of aryl methyl sites for hydroxylation is 1. The number of hydrogen-bond donors (Lipinski definition) is 2. The fourth-order valence-electron chi connectivity index (χ4n) is 4.10. The molecule has 152 valence electrons. The highest BCUT2D eigenvalue weighted by molar-refractivity contribution is 5.86. The molecule has 1 aliphatic rings. The molecule has 3 aromatic rings. The SMILES string of the molecule is COc1ccc2[nH]c3c(c2c1)CC(NC(=O)Cc1ccc(OC)c(OC)c1)CC3. The van der Waals surface area contributed by atoms with Gasteiger partial charge in [-0.3, -0.25) is 4.79 Å². The van der Waals surface area contributed by atoms with Gasteiger partial charge in [0, 0.05) is 22.6 Å². The van der Waals surface area contributed by atoms with Crippen molar-refractivity contribution in [1.29, 1.82) is 0 Å². The zero-order valence-corrected chi connectivity index (χ0v) is 17.0. The van der Waals surface area contributed by atoms with Crippen molar-refractivity contribution >= 4 is 16.8 Å². The highest BCUT2D eigenvalue weighted by Gasteiger charge is 2.24. The highest BCUT2D eigenvalue weighted by atomic mass is 16.5. The van der Waals surface area contributed by atoms with E-state index in [1.165, 1.54) is 16.6 Å². The van der Waals surface area contributed by atoms with Gasteiger partial charge in [-0.15, -0.1) is 0 Å². The second-order valence-electron chi connectivity index (χ2n) is 7.37. The first kappa shape index (κ1) is 19.2. The van der Waals surface area contributed by atoms with Crippen molar-refractivity contribution < 1.29 is 19.0 Å². The zero-order valence-electron chi connectivity index (χ0n) is 17.0. The predicted octanol–water partition coefficient (Wildman–Crippen LogP) is 3.41. The maximum absolute atomic E-state index is 12.6. The third-order valence-electron chi connectivity index (χ3n) is 5.57. The van der Waals surface area contributed by atoms with Crippen LogP contribution < -0.4 is 19.5 Å². The predicted molar refractivity (Wildman–Crippen MR) is 112 cm³/mol. The summed E-state index contributed by atoms with van der Waals surface area (Å²) in [6.07, 6.45) is 2.98. The lowest BCUT2D eigenvalue weighted by Gasteiger charge is -2.24. The number of benzene rings is 2. The number of aromatic amines is 1. The number of carbonyl (C=O) groups excluding carboxylic acids is 1. The Morgan fingerprint density at radius 3 is 2.66 bits per heavy atom. The molecule has 1 unspecified atom stereocenters. The molecule has 4 rings (SSSR count). The molecule has 1 heterocycles. The van der Waals surface area contributed by atoms with Crippen LogP contribution in [-0.2, 0) is 24.1 Å². The normalized spacial score (nSPS) is 15.6. The Bertz CT molecular complexity index is 1040. The number of nitrogens with one attached hydrogen (secondary N) is 2. The first-order valence-electron chi connectivity index (χ1n) is 9.79. The number of aromatic nitrogens is 1. The largest absolute Gasteiger partial charge is 0.497 e. The van der Waals surface area contributed by atoms with E-state index < -0.39 is 0 Å². The van der Waals surface area contributed by atoms with Crippen molar-refractivity contribution in [2.24, 2.45) is 0 Å². The summed E-state index contributed by atoms with van der Waals surface area (Å²) < 4.78 is 16.0. The molecule has 0 saturated carbocycles. The Kier molecular flexibility index (Phi) is 5.34. The topological polar surface area (TPSA) is 72.6 Å². The third-order valence-corrected chi connectivity index (χ3v) is 5.57. The molecule has 29 heavy (non-hydrogen) atoms. The number of fused-ring (bicyclic) bond motifs is 3. The second-order valence-corrected chi connectivity index (χ2v) is 7.37. The van der Waals surface area contributed by atoms with Crippen LogP contribution in [0.15, 0.2) is 36.4 Å². The standard InChI is InChI=1S/C23H26N2O4/c1-27-16-6-8-20-18(13-16)17-12-15(5-7-19(17)25-20)24-23(26)11-14-4-9-21(28-2)22(10-14)29-3/h4,6,8-10,13,15,25H,5,7,11-12H2,1-3H3,(H,24,26). The molecule has 1 aromatic heterocycles. The van der Waals surface area contributed by atoms with Gasteiger partial charge in [0.05, 0.1) is 27.8 Å². The lowest BCUT2D eigenvalue weighted by molar-refractivity contribution is -0.121. The summed E-state index contributed by atoms with van der Waals surface area (Å²) in [4.78, 5) is 16.1. The van der Waals surface area contributed by atoms with E-state index in [1.54, 1.807) is 21.3 Å². The number of hydrogen-bond acceptors (Lipinski definition) is 4. The van der Waals surface area contributed by atoms with Gasteiger partial charge in [-0.1, -0.05) is 6.07 Å². The molecule has 1 aliphatic carbocycles. The van der Waals surface area contributed by atoms with Gasteiger partial charge in [0.15, 0.2) is 11.5 Å². The molecule has 6 nitrogen and oxygen atoms in total. The molecule has 1 atom stereocenters. The first-order chi connectivity index (χ1) is 14.1. The van der Waals surface area contributed by atoms with Gasteiger partial charge in [0.1, 0.15) is 5.75 Å². The molecule has 0 radical (unpaired) electrons. The van der Waals surface area contributed by atoms with Crippen LogP contribution in [0.5, 0.6) is 17.2 Å². The Morgan fingerprint density at radius 2 is 1.90 bits per heavy atom. The maximum Gasteiger partial charge on any atom is 0.224 e. The first-order valence-corrected chi connectivity index (χ1v) is 9.79. The van der Waals surface area contributed by atoms with Gasteiger partial charge < -0.3 is 24.5 Å². The van der Waals surface area contributed by atoms with Crippen molar-refractivity contribution in [3.8, 4) is 17.2 Å². The summed E-state index contributed by atoms with van der Waals surface area (Å²) in [5.41, 5.74) is 4.56. The van der Waals surface area contributed by atoms with E-state index in [2.05, 4.69) is 22.4 Å². The second kappa shape index (κ2) is 8.07. The van der Waals surface area contributed by atoms with Gasteiger partial charge in [-0.25, -0.2) is 0 Å². The zero-order chi connectivity index (χ0) is 20.4. The molecule has 0 bridgehead atoms. The average molecular weight is 394 g/mol. The summed E-state index contributed by atoms with van der Waals surface area (Å²) in [5, 5.41) is 4.38. The molecular formula is C23H26N2O4. The summed E-state index contributed by atoms with van der Waals surface area (Å²) in [6, 6.07) is 11.8. The van der Waals surface area contributed by atoms with Gasteiger partial charge in [-0.05, 0) is 60.7 Å². The molecular weight excluding hydrogens is 368 g/mol. The van der Waals surface area contributed by atoms with Crippen LogP contribution in [0.2, 0.25) is 0 Å². The molecule has 2 aromatic carbocycles. The smallest absolute Gasteiger partial charge is 0.224 e. The minimum atomic E-state index is 0.0168. The number of rotatable bonds is 6. The van der Waals surface area contributed by atoms with E-state index in [0.717, 1.165) is 36.1 Å². The molecule has 6 heteroatoms. The Hall–Kier alpha value is -3.15. The molecule has 0 saturated heterocycles. The number of ether oxygens (including phenoxy) is 3. The van der Waals surface area contributed by atoms with Gasteiger partial charge in [-0.2, -0.15) is 0 Å². The molecule has 0 spiro atoms. The van der Waals surface area contributed by atoms with Crippen molar-refractivity contribution in [2.45, 2.75) is 31.7 Å². The van der Waals surface area contributed by atoms with Crippen LogP contribution in [0.3, 0.4) is 0 Å². The lowest BCUT2D eigenvalue weighted by atomic mass is 9.91. The third kappa shape index (κ3) is 3.88. The Labute approximate surface area is 170 Å². The van der Waals surface area contributed by atoms with Crippen LogP contribution in [0.4, 0.5) is 0 Å². The molecule has 0 aliphatic heterocycles. The lowest BCUT2D eigenvalue weighted by Crippen LogP contribution is -2.39. The molecule has 1 amide bonds. The van der Waals surface area contributed by atoms with E-state index in [-0.39, 0.29) is 11.9 Å². The van der Waals surface area contributed by atoms with Crippen molar-refractivity contribution in [3.63, 3.8) is 0 Å². The molecule has 2 N–H and O–H groups in total.